The molecule has 0 heterocycles. The first-order valence-electron chi connectivity index (χ1n) is 3.00. The molecule has 0 aliphatic heterocycles. The van der Waals surface area contributed by atoms with Crippen LogP contribution in [-0.2, 0) is 17.0 Å². The molecule has 0 aliphatic rings. The van der Waals surface area contributed by atoms with Gasteiger partial charge in [-0.2, -0.15) is 0 Å². The maximum absolute atomic E-state index is 2.51. The monoisotopic (exact) mass is 159 g/mol. The molecule has 0 nitrogen and oxygen atoms in total. The normalized spacial score (nSPS) is 12.4. The summed E-state index contributed by atoms with van der Waals surface area (Å²) in [6.07, 6.45) is 6.29. The Bertz CT molecular complexity index is 152. The Labute approximate surface area is 66.2 Å². The van der Waals surface area contributed by atoms with Crippen LogP contribution in [0.2, 0.25) is 0 Å². The molecule has 0 aliphatic carbocycles. The van der Waals surface area contributed by atoms with Crippen molar-refractivity contribution in [1.82, 2.24) is 0 Å². The molecule has 0 unspecified atom stereocenters. The van der Waals surface area contributed by atoms with Crippen molar-refractivity contribution in [3.63, 3.8) is 0 Å². The van der Waals surface area contributed by atoms with Crippen LogP contribution in [0.1, 0.15) is 20.8 Å². The molecule has 0 N–H and O–H groups in total. The van der Waals surface area contributed by atoms with E-state index in [4.69, 9.17) is 0 Å². The summed E-state index contributed by atoms with van der Waals surface area (Å²) in [5.74, 6) is 0. The zero-order valence-corrected chi connectivity index (χ0v) is 7.58. The Hall–Kier alpha value is -0.0656. The molecule has 49 valence electrons. The fourth-order valence-corrected chi connectivity index (χ4v) is 0.465. The van der Waals surface area contributed by atoms with Gasteiger partial charge in [0, 0.05) is 0 Å². The summed E-state index contributed by atoms with van der Waals surface area (Å²) in [6, 6.07) is 0. The van der Waals surface area contributed by atoms with Crippen molar-refractivity contribution in [2.75, 3.05) is 0 Å². The second-order valence-corrected chi connectivity index (χ2v) is 3.11. The number of allylic oxidation sites excluding steroid dienone is 4. The molecule has 9 heavy (non-hydrogen) atoms. The van der Waals surface area contributed by atoms with Crippen LogP contribution in [0.4, 0.5) is 0 Å². The van der Waals surface area contributed by atoms with Gasteiger partial charge in [0.05, 0.1) is 0 Å². The Morgan fingerprint density at radius 3 is 2.11 bits per heavy atom. The van der Waals surface area contributed by atoms with E-state index in [0.717, 1.165) is 0 Å². The van der Waals surface area contributed by atoms with Gasteiger partial charge in [0.2, 0.25) is 0 Å². The molecule has 0 rings (SSSR count). The van der Waals surface area contributed by atoms with Gasteiger partial charge in [0.1, 0.15) is 0 Å². The first kappa shape index (κ1) is 8.93. The van der Waals surface area contributed by atoms with Crippen molar-refractivity contribution >= 4 is 4.23 Å². The van der Waals surface area contributed by atoms with Crippen LogP contribution in [0, 0.1) is 0 Å². The van der Waals surface area contributed by atoms with Crippen molar-refractivity contribution in [2.24, 2.45) is 0 Å². The standard InChI is InChI=1S/C8H12.V/c1-4-6-7-8(3)5-2;/h5-7H,1-3H3;/b7-6-,8-5?;. The molecular weight excluding hydrogens is 147 g/mol. The van der Waals surface area contributed by atoms with Gasteiger partial charge in [0.15, 0.2) is 0 Å². The zero-order valence-electron chi connectivity index (χ0n) is 6.18. The van der Waals surface area contributed by atoms with Crippen molar-refractivity contribution in [3.8, 4) is 0 Å². The molecule has 0 spiro atoms. The molecule has 0 atom stereocenters. The van der Waals surface area contributed by atoms with Crippen LogP contribution in [0.3, 0.4) is 0 Å². The third-order valence-corrected chi connectivity index (χ3v) is 1.28. The number of hydrogen-bond donors (Lipinski definition) is 0. The SMILES string of the molecule is CC=C(C)/C=C\[C](C)=[V]. The average Bonchev–Trinajstić information content (AvgIpc) is 1.83. The van der Waals surface area contributed by atoms with E-state index in [1.807, 2.05) is 6.92 Å². The van der Waals surface area contributed by atoms with Crippen LogP contribution < -0.4 is 0 Å². The maximum atomic E-state index is 2.51. The van der Waals surface area contributed by atoms with Gasteiger partial charge in [-0.3, -0.25) is 0 Å². The van der Waals surface area contributed by atoms with Crippen molar-refractivity contribution < 1.29 is 17.0 Å². The number of hydrogen-bond acceptors (Lipinski definition) is 0. The average molecular weight is 159 g/mol. The van der Waals surface area contributed by atoms with Crippen LogP contribution in [-0.4, -0.2) is 4.23 Å². The van der Waals surface area contributed by atoms with E-state index in [2.05, 4.69) is 49.1 Å². The Kier molecular flexibility index (Phi) is 4.74. The van der Waals surface area contributed by atoms with Crippen molar-refractivity contribution in [3.05, 3.63) is 23.8 Å². The zero-order chi connectivity index (χ0) is 7.28. The predicted molar refractivity (Wildman–Crippen MR) is 39.3 cm³/mol. The van der Waals surface area contributed by atoms with E-state index in [0.29, 0.717) is 0 Å². The second-order valence-electron chi connectivity index (χ2n) is 2.01. The molecule has 0 aromatic carbocycles. The molecular formula is C8H12V. The quantitative estimate of drug-likeness (QED) is 0.542. The molecule has 0 bridgehead atoms. The van der Waals surface area contributed by atoms with Crippen LogP contribution in [0.5, 0.6) is 0 Å². The van der Waals surface area contributed by atoms with Gasteiger partial charge in [-0.05, 0) is 0 Å². The summed E-state index contributed by atoms with van der Waals surface area (Å²) >= 11 is 2.51. The van der Waals surface area contributed by atoms with E-state index in [9.17, 15) is 0 Å². The fraction of sp³-hybridized carbons (Fsp3) is 0.375. The van der Waals surface area contributed by atoms with Crippen LogP contribution in [0.25, 0.3) is 0 Å². The molecule has 0 amide bonds. The molecule has 0 saturated heterocycles. The van der Waals surface area contributed by atoms with E-state index < -0.39 is 0 Å². The molecule has 1 heteroatoms. The third kappa shape index (κ3) is 5.81. The Balaban J connectivity index is 3.86. The van der Waals surface area contributed by atoms with E-state index >= 15 is 0 Å². The summed E-state index contributed by atoms with van der Waals surface area (Å²) in [7, 11) is 0. The van der Waals surface area contributed by atoms with E-state index in [1.54, 1.807) is 0 Å². The molecule has 0 aromatic rings. The van der Waals surface area contributed by atoms with Gasteiger partial charge >= 0.3 is 65.8 Å². The van der Waals surface area contributed by atoms with Gasteiger partial charge in [-0.1, -0.05) is 0 Å². The third-order valence-electron chi connectivity index (χ3n) is 1.04. The first-order chi connectivity index (χ1) is 4.16. The van der Waals surface area contributed by atoms with Crippen LogP contribution in [0.15, 0.2) is 23.8 Å². The molecule has 0 saturated carbocycles. The predicted octanol–water partition coefficient (Wildman–Crippen LogP) is 2.25. The molecule has 0 aromatic heterocycles. The van der Waals surface area contributed by atoms with Crippen molar-refractivity contribution in [2.45, 2.75) is 20.8 Å². The summed E-state index contributed by atoms with van der Waals surface area (Å²) in [6.45, 7) is 6.20. The molecule has 0 fully saturated rings. The summed E-state index contributed by atoms with van der Waals surface area (Å²) in [4.78, 5) is 0. The minimum absolute atomic E-state index is 1.28. The Morgan fingerprint density at radius 2 is 1.78 bits per heavy atom. The van der Waals surface area contributed by atoms with Gasteiger partial charge < -0.3 is 0 Å². The van der Waals surface area contributed by atoms with Crippen molar-refractivity contribution in [1.29, 1.82) is 0 Å². The number of rotatable bonds is 2. The summed E-state index contributed by atoms with van der Waals surface area (Å²) in [5.41, 5.74) is 1.31. The topological polar surface area (TPSA) is 0 Å². The summed E-state index contributed by atoms with van der Waals surface area (Å²) in [5, 5.41) is 0. The molecule has 0 radical (unpaired) electrons. The van der Waals surface area contributed by atoms with Gasteiger partial charge in [-0.25, -0.2) is 0 Å². The van der Waals surface area contributed by atoms with E-state index in [-0.39, 0.29) is 0 Å². The summed E-state index contributed by atoms with van der Waals surface area (Å²) < 4.78 is 1.28. The Morgan fingerprint density at radius 1 is 1.22 bits per heavy atom. The van der Waals surface area contributed by atoms with Gasteiger partial charge in [-0.15, -0.1) is 0 Å². The fourth-order valence-electron chi connectivity index (χ4n) is 0.348. The van der Waals surface area contributed by atoms with Crippen LogP contribution >= 0.6 is 0 Å². The van der Waals surface area contributed by atoms with Gasteiger partial charge in [0.25, 0.3) is 0 Å². The minimum atomic E-state index is 1.28. The second kappa shape index (κ2) is 4.78. The van der Waals surface area contributed by atoms with E-state index in [1.165, 1.54) is 9.80 Å². The first-order valence-corrected chi connectivity index (χ1v) is 3.70.